The number of nitrogens with one attached hydrogen (secondary N) is 2. The standard InChI is InChI=1S/C11H18N4O3/c1-6(2)3-7(11(17)18)4-13-9-8(12)10(16)15-5-14-9/h5-7H,3-4,12H2,1-2H3,(H,17,18)(H2,13,14,15,16). The number of carboxylic acids is 1. The molecular weight excluding hydrogens is 236 g/mol. The molecule has 7 heteroatoms. The first kappa shape index (κ1) is 14.0. The van der Waals surface area contributed by atoms with Crippen molar-refractivity contribution >= 4 is 17.5 Å². The Kier molecular flexibility index (Phi) is 4.70. The predicted octanol–water partition coefficient (Wildman–Crippen LogP) is 0.511. The summed E-state index contributed by atoms with van der Waals surface area (Å²) in [6.07, 6.45) is 1.77. The van der Waals surface area contributed by atoms with Crippen LogP contribution in [0.5, 0.6) is 0 Å². The van der Waals surface area contributed by atoms with Gasteiger partial charge in [0, 0.05) is 6.54 Å². The van der Waals surface area contributed by atoms with Gasteiger partial charge >= 0.3 is 5.97 Å². The molecule has 0 radical (unpaired) electrons. The second kappa shape index (κ2) is 6.04. The number of aromatic nitrogens is 2. The average molecular weight is 254 g/mol. The van der Waals surface area contributed by atoms with E-state index in [0.717, 1.165) is 0 Å². The van der Waals surface area contributed by atoms with E-state index in [2.05, 4.69) is 15.3 Å². The fourth-order valence-corrected chi connectivity index (χ4v) is 1.61. The van der Waals surface area contributed by atoms with Gasteiger partial charge in [0.05, 0.1) is 12.2 Å². The third-order valence-electron chi connectivity index (χ3n) is 2.51. The number of carboxylic acid groups (broad SMARTS) is 1. The van der Waals surface area contributed by atoms with E-state index in [-0.39, 0.29) is 24.0 Å². The number of hydrogen-bond acceptors (Lipinski definition) is 5. The molecule has 0 spiro atoms. The topological polar surface area (TPSA) is 121 Å². The Hall–Kier alpha value is -2.05. The quantitative estimate of drug-likeness (QED) is 0.587. The number of nitrogen functional groups attached to an aromatic ring is 1. The van der Waals surface area contributed by atoms with Gasteiger partial charge in [-0.25, -0.2) is 4.98 Å². The maximum absolute atomic E-state index is 11.2. The van der Waals surface area contributed by atoms with Gasteiger partial charge in [-0.15, -0.1) is 0 Å². The molecule has 0 amide bonds. The molecule has 0 bridgehead atoms. The van der Waals surface area contributed by atoms with Crippen LogP contribution in [0, 0.1) is 11.8 Å². The van der Waals surface area contributed by atoms with Crippen LogP contribution in [0.1, 0.15) is 20.3 Å². The number of hydrogen-bond donors (Lipinski definition) is 4. The number of aromatic amines is 1. The Balaban J connectivity index is 2.70. The molecule has 0 saturated heterocycles. The molecule has 1 atom stereocenters. The summed E-state index contributed by atoms with van der Waals surface area (Å²) in [4.78, 5) is 28.5. The lowest BCUT2D eigenvalue weighted by atomic mass is 9.97. The molecule has 100 valence electrons. The van der Waals surface area contributed by atoms with Gasteiger partial charge in [0.25, 0.3) is 5.56 Å². The van der Waals surface area contributed by atoms with Crippen molar-refractivity contribution in [3.8, 4) is 0 Å². The Morgan fingerprint density at radius 2 is 2.28 bits per heavy atom. The lowest BCUT2D eigenvalue weighted by Crippen LogP contribution is -2.26. The zero-order chi connectivity index (χ0) is 13.7. The molecule has 5 N–H and O–H groups in total. The van der Waals surface area contributed by atoms with E-state index < -0.39 is 17.4 Å². The van der Waals surface area contributed by atoms with Crippen molar-refractivity contribution in [2.45, 2.75) is 20.3 Å². The third kappa shape index (κ3) is 3.76. The molecular formula is C11H18N4O3. The average Bonchev–Trinajstić information content (AvgIpc) is 2.28. The van der Waals surface area contributed by atoms with E-state index in [9.17, 15) is 9.59 Å². The second-order valence-electron chi connectivity index (χ2n) is 4.54. The Morgan fingerprint density at radius 1 is 1.61 bits per heavy atom. The van der Waals surface area contributed by atoms with Gasteiger partial charge in [0.2, 0.25) is 0 Å². The lowest BCUT2D eigenvalue weighted by Gasteiger charge is -2.16. The van der Waals surface area contributed by atoms with Crippen molar-refractivity contribution in [2.75, 3.05) is 17.6 Å². The molecule has 1 rings (SSSR count). The summed E-state index contributed by atoms with van der Waals surface area (Å²) in [5.74, 6) is -0.920. The van der Waals surface area contributed by atoms with Crippen LogP contribution in [-0.4, -0.2) is 27.6 Å². The van der Waals surface area contributed by atoms with Crippen LogP contribution in [0.15, 0.2) is 11.1 Å². The molecule has 1 unspecified atom stereocenters. The van der Waals surface area contributed by atoms with Crippen LogP contribution in [0.4, 0.5) is 11.5 Å². The molecule has 0 saturated carbocycles. The van der Waals surface area contributed by atoms with Crippen molar-refractivity contribution in [3.63, 3.8) is 0 Å². The summed E-state index contributed by atoms with van der Waals surface area (Å²) in [6.45, 7) is 4.10. The van der Waals surface area contributed by atoms with Crippen molar-refractivity contribution in [1.82, 2.24) is 9.97 Å². The van der Waals surface area contributed by atoms with Crippen molar-refractivity contribution < 1.29 is 9.90 Å². The van der Waals surface area contributed by atoms with Gasteiger partial charge in [-0.2, -0.15) is 0 Å². The minimum absolute atomic E-state index is 0.0359. The first-order chi connectivity index (χ1) is 8.41. The molecule has 0 fully saturated rings. The van der Waals surface area contributed by atoms with Crippen LogP contribution in [-0.2, 0) is 4.79 Å². The monoisotopic (exact) mass is 254 g/mol. The highest BCUT2D eigenvalue weighted by molar-refractivity contribution is 5.71. The minimum Gasteiger partial charge on any atom is -0.481 e. The van der Waals surface area contributed by atoms with Gasteiger partial charge in [-0.05, 0) is 12.3 Å². The fraction of sp³-hybridized carbons (Fsp3) is 0.545. The Labute approximate surface area is 104 Å². The number of nitrogens with zero attached hydrogens (tertiary/aromatic N) is 1. The number of anilines is 2. The van der Waals surface area contributed by atoms with Gasteiger partial charge in [0.1, 0.15) is 5.69 Å². The van der Waals surface area contributed by atoms with E-state index >= 15 is 0 Å². The van der Waals surface area contributed by atoms with E-state index in [1.807, 2.05) is 13.8 Å². The van der Waals surface area contributed by atoms with Crippen LogP contribution in [0.3, 0.4) is 0 Å². The van der Waals surface area contributed by atoms with E-state index in [0.29, 0.717) is 6.42 Å². The van der Waals surface area contributed by atoms with Gasteiger partial charge in [-0.1, -0.05) is 13.8 Å². The molecule has 18 heavy (non-hydrogen) atoms. The number of nitrogens with two attached hydrogens (primary N) is 1. The number of rotatable bonds is 6. The van der Waals surface area contributed by atoms with Crippen LogP contribution in [0.25, 0.3) is 0 Å². The molecule has 1 aromatic heterocycles. The van der Waals surface area contributed by atoms with E-state index in [4.69, 9.17) is 10.8 Å². The summed E-state index contributed by atoms with van der Waals surface area (Å²) in [6, 6.07) is 0. The number of carbonyl (C=O) groups is 1. The highest BCUT2D eigenvalue weighted by Crippen LogP contribution is 2.14. The fourth-order valence-electron chi connectivity index (χ4n) is 1.61. The largest absolute Gasteiger partial charge is 0.481 e. The van der Waals surface area contributed by atoms with Gasteiger partial charge in [-0.3, -0.25) is 9.59 Å². The molecule has 0 aliphatic carbocycles. The highest BCUT2D eigenvalue weighted by atomic mass is 16.4. The molecule has 1 aromatic rings. The van der Waals surface area contributed by atoms with Crippen molar-refractivity contribution in [2.24, 2.45) is 11.8 Å². The maximum Gasteiger partial charge on any atom is 0.308 e. The van der Waals surface area contributed by atoms with Crippen LogP contribution in [0.2, 0.25) is 0 Å². The normalized spacial score (nSPS) is 12.4. The lowest BCUT2D eigenvalue weighted by molar-refractivity contribution is -0.141. The zero-order valence-electron chi connectivity index (χ0n) is 10.4. The van der Waals surface area contributed by atoms with Gasteiger partial charge < -0.3 is 21.1 Å². The first-order valence-electron chi connectivity index (χ1n) is 5.71. The van der Waals surface area contributed by atoms with Gasteiger partial charge in [0.15, 0.2) is 5.82 Å². The Morgan fingerprint density at radius 3 is 2.83 bits per heavy atom. The molecule has 1 heterocycles. The predicted molar refractivity (Wildman–Crippen MR) is 68.3 cm³/mol. The van der Waals surface area contributed by atoms with E-state index in [1.165, 1.54) is 6.33 Å². The second-order valence-corrected chi connectivity index (χ2v) is 4.54. The SMILES string of the molecule is CC(C)CC(CNc1nc[nH]c(=O)c1N)C(=O)O. The summed E-state index contributed by atoms with van der Waals surface area (Å²) in [7, 11) is 0. The maximum atomic E-state index is 11.2. The smallest absolute Gasteiger partial charge is 0.308 e. The minimum atomic E-state index is -0.875. The number of aliphatic carboxylic acids is 1. The van der Waals surface area contributed by atoms with Crippen LogP contribution < -0.4 is 16.6 Å². The summed E-state index contributed by atoms with van der Waals surface area (Å²) >= 11 is 0. The molecule has 0 aliphatic heterocycles. The summed E-state index contributed by atoms with van der Waals surface area (Å²) in [5, 5.41) is 11.9. The summed E-state index contributed by atoms with van der Waals surface area (Å²) in [5.41, 5.74) is 5.05. The highest BCUT2D eigenvalue weighted by Gasteiger charge is 2.19. The van der Waals surface area contributed by atoms with Crippen molar-refractivity contribution in [1.29, 1.82) is 0 Å². The number of H-pyrrole nitrogens is 1. The Bertz CT molecular complexity index is 470. The first-order valence-corrected chi connectivity index (χ1v) is 5.71. The van der Waals surface area contributed by atoms with Crippen LogP contribution >= 0.6 is 0 Å². The molecule has 7 nitrogen and oxygen atoms in total. The summed E-state index contributed by atoms with van der Waals surface area (Å²) < 4.78 is 0. The zero-order valence-corrected chi connectivity index (χ0v) is 10.4. The third-order valence-corrected chi connectivity index (χ3v) is 2.51. The van der Waals surface area contributed by atoms with Crippen molar-refractivity contribution in [3.05, 3.63) is 16.7 Å². The molecule has 0 aromatic carbocycles. The van der Waals surface area contributed by atoms with E-state index in [1.54, 1.807) is 0 Å². The molecule has 0 aliphatic rings.